The molecule has 0 radical (unpaired) electrons. The van der Waals surface area contributed by atoms with Gasteiger partial charge in [-0.2, -0.15) is 0 Å². The van der Waals surface area contributed by atoms with Crippen LogP contribution in [-0.4, -0.2) is 31.4 Å². The molecule has 6 rings (SSSR count). The number of carbonyl (C=O) groups excluding carboxylic acids is 2. The van der Waals surface area contributed by atoms with Crippen LogP contribution in [0.15, 0.2) is 58.8 Å². The van der Waals surface area contributed by atoms with E-state index in [4.69, 9.17) is 23.2 Å². The van der Waals surface area contributed by atoms with E-state index in [1.54, 1.807) is 30.6 Å². The molecule has 0 atom stereocenters. The van der Waals surface area contributed by atoms with Crippen molar-refractivity contribution in [1.29, 1.82) is 0 Å². The van der Waals surface area contributed by atoms with Crippen LogP contribution in [0.25, 0.3) is 22.8 Å². The number of anilines is 1. The third-order valence-corrected chi connectivity index (χ3v) is 7.81. The summed E-state index contributed by atoms with van der Waals surface area (Å²) in [6.07, 6.45) is 9.91. The first-order valence-corrected chi connectivity index (χ1v) is 12.8. The lowest BCUT2D eigenvalue weighted by molar-refractivity contribution is -0.122. The van der Waals surface area contributed by atoms with Crippen LogP contribution in [0.5, 0.6) is 0 Å². The van der Waals surface area contributed by atoms with Gasteiger partial charge in [-0.15, -0.1) is 0 Å². The smallest absolute Gasteiger partial charge is 0.264 e. The van der Waals surface area contributed by atoms with Crippen molar-refractivity contribution < 1.29 is 9.59 Å². The number of fused-ring (bicyclic) bond motifs is 3. The maximum absolute atomic E-state index is 12.7. The van der Waals surface area contributed by atoms with Gasteiger partial charge in [-0.1, -0.05) is 35.7 Å². The maximum Gasteiger partial charge on any atom is 0.264 e. The molecule has 8 nitrogen and oxygen atoms in total. The van der Waals surface area contributed by atoms with Crippen molar-refractivity contribution in [1.82, 2.24) is 19.7 Å². The second-order valence-electron chi connectivity index (χ2n) is 8.52. The van der Waals surface area contributed by atoms with Gasteiger partial charge >= 0.3 is 0 Å². The summed E-state index contributed by atoms with van der Waals surface area (Å²) in [6, 6.07) is 9.03. The van der Waals surface area contributed by atoms with Crippen LogP contribution in [0.4, 0.5) is 11.4 Å². The summed E-state index contributed by atoms with van der Waals surface area (Å²) in [5.74, 6) is -0.324. The molecule has 0 spiro atoms. The molecule has 4 aromatic rings. The standard InChI is InChI=1S/C25H18Cl2N6O2S/c26-15-5-7-17(30-23(34)14-2-1-3-14)21(27)22(15)31-25-32-24(35)19(36-25)11-13-4-6-16-18(10-13)33-9-8-28-20(33)12-29-16/h4-12,14H,1-3H2,(H,30,34)(H,31,32,35). The van der Waals surface area contributed by atoms with Gasteiger partial charge in [-0.25, -0.2) is 9.98 Å². The molecule has 0 bridgehead atoms. The Kier molecular flexibility index (Phi) is 5.91. The number of aliphatic imine (C=N–C) groups is 1. The molecule has 2 fully saturated rings. The molecule has 1 saturated carbocycles. The van der Waals surface area contributed by atoms with Crippen molar-refractivity contribution in [2.24, 2.45) is 10.9 Å². The number of hydrogen-bond acceptors (Lipinski definition) is 6. The number of imidazole rings is 1. The topological polar surface area (TPSA) is 101 Å². The largest absolute Gasteiger partial charge is 0.324 e. The van der Waals surface area contributed by atoms with Crippen molar-refractivity contribution in [3.05, 3.63) is 69.4 Å². The lowest BCUT2D eigenvalue weighted by Gasteiger charge is -2.24. The number of hydrogen-bond donors (Lipinski definition) is 2. The SMILES string of the molecule is O=C1NC(=Nc2c(Cl)ccc(NC(=O)C3CCC3)c2Cl)SC1=Cc1ccc2ncc3nccn3c2c1. The number of amides is 2. The third-order valence-electron chi connectivity index (χ3n) is 6.21. The molecule has 2 N–H and O–H groups in total. The Balaban J connectivity index is 1.28. The summed E-state index contributed by atoms with van der Waals surface area (Å²) < 4.78 is 1.94. The summed E-state index contributed by atoms with van der Waals surface area (Å²) in [5, 5.41) is 6.51. The number of rotatable bonds is 4. The quantitative estimate of drug-likeness (QED) is 0.320. The van der Waals surface area contributed by atoms with Gasteiger partial charge in [-0.05, 0) is 60.5 Å². The van der Waals surface area contributed by atoms with E-state index in [-0.39, 0.29) is 28.4 Å². The van der Waals surface area contributed by atoms with E-state index in [0.29, 0.717) is 20.8 Å². The Morgan fingerprint density at radius 2 is 2.08 bits per heavy atom. The first-order chi connectivity index (χ1) is 17.5. The van der Waals surface area contributed by atoms with Crippen molar-refractivity contribution in [2.75, 3.05) is 5.32 Å². The van der Waals surface area contributed by atoms with Crippen LogP contribution in [0, 0.1) is 5.92 Å². The highest BCUT2D eigenvalue weighted by Crippen LogP contribution is 2.41. The number of halogens is 2. The van der Waals surface area contributed by atoms with Gasteiger partial charge in [0.25, 0.3) is 5.91 Å². The molecular weight excluding hydrogens is 519 g/mol. The highest BCUT2D eigenvalue weighted by atomic mass is 35.5. The molecule has 2 aliphatic rings. The minimum Gasteiger partial charge on any atom is -0.324 e. The fourth-order valence-corrected chi connectivity index (χ4v) is 5.38. The number of aromatic nitrogens is 3. The maximum atomic E-state index is 12.7. The first-order valence-electron chi connectivity index (χ1n) is 11.3. The van der Waals surface area contributed by atoms with Gasteiger partial charge < -0.3 is 10.6 Å². The number of nitrogens with zero attached hydrogens (tertiary/aromatic N) is 4. The van der Waals surface area contributed by atoms with E-state index in [2.05, 4.69) is 25.6 Å². The average molecular weight is 537 g/mol. The van der Waals surface area contributed by atoms with E-state index in [1.807, 2.05) is 28.8 Å². The zero-order valence-electron chi connectivity index (χ0n) is 18.7. The Morgan fingerprint density at radius 3 is 2.89 bits per heavy atom. The molecular formula is C25H18Cl2N6O2S. The molecule has 3 heterocycles. The number of amidine groups is 1. The molecule has 1 aliphatic carbocycles. The Bertz CT molecular complexity index is 1630. The number of nitrogens with one attached hydrogen (secondary N) is 2. The van der Waals surface area contributed by atoms with Gasteiger partial charge in [0.2, 0.25) is 5.91 Å². The minimum atomic E-state index is -0.278. The van der Waals surface area contributed by atoms with Crippen LogP contribution in [0.2, 0.25) is 10.0 Å². The molecule has 11 heteroatoms. The van der Waals surface area contributed by atoms with Gasteiger partial charge in [0.05, 0.1) is 37.9 Å². The molecule has 1 aliphatic heterocycles. The molecule has 2 aromatic carbocycles. The van der Waals surface area contributed by atoms with E-state index in [0.717, 1.165) is 41.5 Å². The average Bonchev–Trinajstić information content (AvgIpc) is 3.44. The lowest BCUT2D eigenvalue weighted by Crippen LogP contribution is -2.28. The molecule has 1 saturated heterocycles. The van der Waals surface area contributed by atoms with Crippen molar-refractivity contribution in [3.63, 3.8) is 0 Å². The third kappa shape index (κ3) is 4.23. The minimum absolute atomic E-state index is 0.0136. The van der Waals surface area contributed by atoms with E-state index in [1.165, 1.54) is 11.8 Å². The fraction of sp³-hybridized carbons (Fsp3) is 0.160. The highest BCUT2D eigenvalue weighted by molar-refractivity contribution is 8.18. The monoisotopic (exact) mass is 536 g/mol. The molecule has 180 valence electrons. The van der Waals surface area contributed by atoms with Gasteiger partial charge in [0.1, 0.15) is 5.69 Å². The number of carbonyl (C=O) groups is 2. The van der Waals surface area contributed by atoms with Gasteiger partial charge in [0.15, 0.2) is 10.8 Å². The van der Waals surface area contributed by atoms with Crippen LogP contribution >= 0.6 is 35.0 Å². The lowest BCUT2D eigenvalue weighted by atomic mass is 9.85. The summed E-state index contributed by atoms with van der Waals surface area (Å²) in [7, 11) is 0. The summed E-state index contributed by atoms with van der Waals surface area (Å²) in [6.45, 7) is 0. The van der Waals surface area contributed by atoms with Crippen LogP contribution in [0.1, 0.15) is 24.8 Å². The molecule has 2 amide bonds. The predicted octanol–water partition coefficient (Wildman–Crippen LogP) is 5.82. The molecule has 36 heavy (non-hydrogen) atoms. The Hall–Kier alpha value is -3.40. The van der Waals surface area contributed by atoms with Crippen molar-refractivity contribution >= 4 is 86.1 Å². The Morgan fingerprint density at radius 1 is 1.22 bits per heavy atom. The van der Waals surface area contributed by atoms with Gasteiger partial charge in [-0.3, -0.25) is 19.0 Å². The van der Waals surface area contributed by atoms with Crippen molar-refractivity contribution in [2.45, 2.75) is 19.3 Å². The molecule has 0 unspecified atom stereocenters. The summed E-state index contributed by atoms with van der Waals surface area (Å²) in [4.78, 5) is 38.7. The van der Waals surface area contributed by atoms with E-state index in [9.17, 15) is 9.59 Å². The molecule has 2 aromatic heterocycles. The van der Waals surface area contributed by atoms with Crippen LogP contribution < -0.4 is 10.6 Å². The first kappa shape index (κ1) is 23.0. The second kappa shape index (κ2) is 9.24. The normalized spacial score (nSPS) is 18.2. The zero-order chi connectivity index (χ0) is 24.8. The van der Waals surface area contributed by atoms with E-state index >= 15 is 0 Å². The summed E-state index contributed by atoms with van der Waals surface area (Å²) in [5.41, 5.74) is 4.01. The van der Waals surface area contributed by atoms with Gasteiger partial charge in [0, 0.05) is 18.3 Å². The zero-order valence-corrected chi connectivity index (χ0v) is 21.0. The number of thioether (sulfide) groups is 1. The number of benzene rings is 2. The summed E-state index contributed by atoms with van der Waals surface area (Å²) >= 11 is 14.1. The van der Waals surface area contributed by atoms with Crippen LogP contribution in [-0.2, 0) is 9.59 Å². The highest BCUT2D eigenvalue weighted by Gasteiger charge is 2.27. The van der Waals surface area contributed by atoms with Crippen molar-refractivity contribution in [3.8, 4) is 0 Å². The second-order valence-corrected chi connectivity index (χ2v) is 10.3. The fourth-order valence-electron chi connectivity index (χ4n) is 4.05. The van der Waals surface area contributed by atoms with E-state index < -0.39 is 0 Å². The predicted molar refractivity (Wildman–Crippen MR) is 144 cm³/mol. The van der Waals surface area contributed by atoms with Crippen LogP contribution in [0.3, 0.4) is 0 Å². The Labute approximate surface area is 219 Å².